The summed E-state index contributed by atoms with van der Waals surface area (Å²) in [5.41, 5.74) is 9.75. The molecule has 0 saturated carbocycles. The highest BCUT2D eigenvalue weighted by Crippen LogP contribution is 2.35. The molecular formula is C14H13Cl2N3. The van der Waals surface area contributed by atoms with Crippen molar-refractivity contribution in [2.75, 3.05) is 11.1 Å². The number of rotatable bonds is 3. The molecule has 0 aliphatic rings. The van der Waals surface area contributed by atoms with Gasteiger partial charge in [-0.2, -0.15) is 0 Å². The first-order valence-corrected chi connectivity index (χ1v) is 6.36. The van der Waals surface area contributed by atoms with Gasteiger partial charge in [-0.05, 0) is 49.5 Å². The number of nitrogens with zero attached hydrogens (tertiary/aromatic N) is 1. The molecule has 0 bridgehead atoms. The minimum absolute atomic E-state index is 0.529. The molecule has 5 heteroatoms. The van der Waals surface area contributed by atoms with E-state index in [9.17, 15) is 0 Å². The molecule has 2 aromatic rings. The zero-order valence-electron chi connectivity index (χ0n) is 10.4. The number of aryl methyl sites for hydroxylation is 1. The second-order valence-corrected chi connectivity index (χ2v) is 4.98. The Labute approximate surface area is 122 Å². The van der Waals surface area contributed by atoms with Crippen LogP contribution in [0.3, 0.4) is 0 Å². The topological polar surface area (TPSA) is 50.4 Å². The third kappa shape index (κ3) is 3.00. The first kappa shape index (κ1) is 13.7. The van der Waals surface area contributed by atoms with Gasteiger partial charge in [-0.3, -0.25) is 4.99 Å². The number of benzene rings is 2. The van der Waals surface area contributed by atoms with Crippen LogP contribution >= 0.6 is 23.2 Å². The van der Waals surface area contributed by atoms with Crippen molar-refractivity contribution in [1.82, 2.24) is 0 Å². The van der Waals surface area contributed by atoms with Gasteiger partial charge in [-0.15, -0.1) is 0 Å². The smallest absolute Gasteiger partial charge is 0.0861 e. The quantitative estimate of drug-likeness (QED) is 0.621. The molecule has 2 rings (SSSR count). The van der Waals surface area contributed by atoms with Gasteiger partial charge in [0.15, 0.2) is 0 Å². The van der Waals surface area contributed by atoms with E-state index in [1.54, 1.807) is 18.2 Å². The summed E-state index contributed by atoms with van der Waals surface area (Å²) in [4.78, 5) is 3.98. The third-order valence-corrected chi connectivity index (χ3v) is 3.30. The maximum atomic E-state index is 6.12. The highest BCUT2D eigenvalue weighted by Gasteiger charge is 2.07. The Hall–Kier alpha value is -1.71. The van der Waals surface area contributed by atoms with Crippen molar-refractivity contribution in [3.05, 3.63) is 45.9 Å². The molecular weight excluding hydrogens is 281 g/mol. The first-order valence-electron chi connectivity index (χ1n) is 5.60. The van der Waals surface area contributed by atoms with Gasteiger partial charge >= 0.3 is 0 Å². The van der Waals surface area contributed by atoms with E-state index >= 15 is 0 Å². The fraction of sp³-hybridized carbons (Fsp3) is 0.0714. The molecule has 0 saturated heterocycles. The molecule has 0 heterocycles. The van der Waals surface area contributed by atoms with Gasteiger partial charge in [-0.1, -0.05) is 23.2 Å². The van der Waals surface area contributed by atoms with Crippen LogP contribution in [0.5, 0.6) is 0 Å². The van der Waals surface area contributed by atoms with Gasteiger partial charge in [0.1, 0.15) is 0 Å². The molecule has 0 spiro atoms. The van der Waals surface area contributed by atoms with E-state index in [2.05, 4.69) is 17.0 Å². The lowest BCUT2D eigenvalue weighted by molar-refractivity contribution is 1.42. The van der Waals surface area contributed by atoms with E-state index in [1.165, 1.54) is 0 Å². The van der Waals surface area contributed by atoms with Crippen LogP contribution in [0.1, 0.15) is 5.56 Å². The Bertz CT molecular complexity index is 639. The lowest BCUT2D eigenvalue weighted by Gasteiger charge is -2.13. The van der Waals surface area contributed by atoms with Crippen LogP contribution in [0.15, 0.2) is 35.3 Å². The predicted molar refractivity (Wildman–Crippen MR) is 84.5 cm³/mol. The van der Waals surface area contributed by atoms with Crippen molar-refractivity contribution < 1.29 is 0 Å². The second-order valence-electron chi connectivity index (χ2n) is 4.13. The number of nitrogens with one attached hydrogen (secondary N) is 1. The minimum atomic E-state index is 0.529. The minimum Gasteiger partial charge on any atom is -0.398 e. The Morgan fingerprint density at radius 2 is 1.89 bits per heavy atom. The monoisotopic (exact) mass is 293 g/mol. The zero-order chi connectivity index (χ0) is 14.0. The second kappa shape index (κ2) is 5.51. The molecule has 0 fully saturated rings. The van der Waals surface area contributed by atoms with Gasteiger partial charge in [0.05, 0.1) is 22.1 Å². The Morgan fingerprint density at radius 3 is 2.53 bits per heavy atom. The average molecular weight is 294 g/mol. The van der Waals surface area contributed by atoms with Crippen molar-refractivity contribution in [3.8, 4) is 0 Å². The fourth-order valence-electron chi connectivity index (χ4n) is 1.68. The molecule has 0 aromatic heterocycles. The number of hydrogen-bond acceptors (Lipinski definition) is 3. The van der Waals surface area contributed by atoms with Crippen molar-refractivity contribution in [3.63, 3.8) is 0 Å². The van der Waals surface area contributed by atoms with E-state index < -0.39 is 0 Å². The van der Waals surface area contributed by atoms with Crippen molar-refractivity contribution in [2.24, 2.45) is 4.99 Å². The third-order valence-electron chi connectivity index (χ3n) is 2.76. The Morgan fingerprint density at radius 1 is 1.16 bits per heavy atom. The van der Waals surface area contributed by atoms with Crippen LogP contribution in [0.25, 0.3) is 0 Å². The van der Waals surface area contributed by atoms with Gasteiger partial charge in [0.25, 0.3) is 0 Å². The molecule has 19 heavy (non-hydrogen) atoms. The van der Waals surface area contributed by atoms with E-state index in [-0.39, 0.29) is 0 Å². The number of hydrogen-bond donors (Lipinski definition) is 2. The van der Waals surface area contributed by atoms with Crippen LogP contribution in [0, 0.1) is 6.92 Å². The van der Waals surface area contributed by atoms with E-state index in [0.717, 1.165) is 22.6 Å². The fourth-order valence-corrected chi connectivity index (χ4v) is 2.13. The summed E-state index contributed by atoms with van der Waals surface area (Å²) in [5, 5.41) is 4.30. The van der Waals surface area contributed by atoms with E-state index in [0.29, 0.717) is 15.7 Å². The Kier molecular flexibility index (Phi) is 3.98. The first-order chi connectivity index (χ1) is 9.01. The SMILES string of the molecule is C=Nc1cc(C)c(N)cc1Nc1ccc(Cl)cc1Cl. The average Bonchev–Trinajstić information content (AvgIpc) is 2.36. The molecule has 0 aliphatic heterocycles. The molecule has 0 aliphatic carbocycles. The van der Waals surface area contributed by atoms with E-state index in [1.807, 2.05) is 19.1 Å². The summed E-state index contributed by atoms with van der Waals surface area (Å²) in [6.45, 7) is 5.48. The molecule has 3 nitrogen and oxygen atoms in total. The zero-order valence-corrected chi connectivity index (χ0v) is 11.9. The molecule has 0 radical (unpaired) electrons. The molecule has 3 N–H and O–H groups in total. The summed E-state index contributed by atoms with van der Waals surface area (Å²) in [7, 11) is 0. The lowest BCUT2D eigenvalue weighted by atomic mass is 10.1. The van der Waals surface area contributed by atoms with Crippen LogP contribution in [0.4, 0.5) is 22.7 Å². The maximum Gasteiger partial charge on any atom is 0.0861 e. The van der Waals surface area contributed by atoms with E-state index in [4.69, 9.17) is 28.9 Å². The highest BCUT2D eigenvalue weighted by molar-refractivity contribution is 6.36. The van der Waals surface area contributed by atoms with Gasteiger partial charge in [0.2, 0.25) is 0 Å². The summed E-state index contributed by atoms with van der Waals surface area (Å²) in [5.74, 6) is 0. The number of halogens is 2. The molecule has 0 amide bonds. The number of aliphatic imine (C=N–C) groups is 1. The largest absolute Gasteiger partial charge is 0.398 e. The van der Waals surface area contributed by atoms with Crippen molar-refractivity contribution in [2.45, 2.75) is 6.92 Å². The van der Waals surface area contributed by atoms with Crippen LogP contribution in [0.2, 0.25) is 10.0 Å². The number of anilines is 3. The van der Waals surface area contributed by atoms with Crippen LogP contribution in [-0.4, -0.2) is 6.72 Å². The summed E-state index contributed by atoms with van der Waals surface area (Å²) < 4.78 is 0. The Balaban J connectivity index is 2.42. The maximum absolute atomic E-state index is 6.12. The summed E-state index contributed by atoms with van der Waals surface area (Å²) >= 11 is 12.0. The van der Waals surface area contributed by atoms with Gasteiger partial charge in [-0.25, -0.2) is 0 Å². The van der Waals surface area contributed by atoms with Crippen molar-refractivity contribution in [1.29, 1.82) is 0 Å². The predicted octanol–water partition coefficient (Wildman–Crippen LogP) is 4.96. The summed E-state index contributed by atoms with van der Waals surface area (Å²) in [6, 6.07) is 8.91. The normalized spacial score (nSPS) is 10.3. The summed E-state index contributed by atoms with van der Waals surface area (Å²) in [6.07, 6.45) is 0. The molecule has 0 atom stereocenters. The highest BCUT2D eigenvalue weighted by atomic mass is 35.5. The van der Waals surface area contributed by atoms with Gasteiger partial charge < -0.3 is 11.1 Å². The van der Waals surface area contributed by atoms with Crippen LogP contribution in [-0.2, 0) is 0 Å². The lowest BCUT2D eigenvalue weighted by Crippen LogP contribution is -1.96. The van der Waals surface area contributed by atoms with Gasteiger partial charge in [0, 0.05) is 10.7 Å². The molecule has 2 aromatic carbocycles. The van der Waals surface area contributed by atoms with Crippen molar-refractivity contribution >= 4 is 52.7 Å². The number of nitrogen functional groups attached to an aromatic ring is 1. The standard InChI is InChI=1S/C14H13Cl2N3/c1-8-5-13(18-2)14(7-11(8)17)19-12-4-3-9(15)6-10(12)16/h3-7,19H,2,17H2,1H3. The molecule has 0 unspecified atom stereocenters. The number of nitrogens with two attached hydrogens (primary N) is 1. The molecule has 98 valence electrons. The van der Waals surface area contributed by atoms with Crippen LogP contribution < -0.4 is 11.1 Å².